The van der Waals surface area contributed by atoms with E-state index in [1.165, 1.54) is 31.9 Å². The number of unbranched alkanes of at least 4 members (excludes halogenated alkanes) is 3. The second kappa shape index (κ2) is 8.17. The minimum Gasteiger partial charge on any atom is -0.461 e. The molecule has 0 aliphatic heterocycles. The van der Waals surface area contributed by atoms with E-state index in [2.05, 4.69) is 16.9 Å². The Kier molecular flexibility index (Phi) is 6.77. The smallest absolute Gasteiger partial charge is 0.356 e. The van der Waals surface area contributed by atoms with Crippen LogP contribution in [0.25, 0.3) is 0 Å². The molecule has 0 saturated carbocycles. The molecule has 0 atom stereocenters. The van der Waals surface area contributed by atoms with Crippen LogP contribution in [-0.4, -0.2) is 28.3 Å². The molecular weight excluding hydrogens is 236 g/mol. The van der Waals surface area contributed by atoms with Crippen molar-refractivity contribution in [3.8, 4) is 0 Å². The molecule has 0 fully saturated rings. The third-order valence-corrected chi connectivity index (χ3v) is 3.26. The summed E-state index contributed by atoms with van der Waals surface area (Å²) in [6, 6.07) is 0. The van der Waals surface area contributed by atoms with E-state index in [-0.39, 0.29) is 5.97 Å². The van der Waals surface area contributed by atoms with Crippen LogP contribution in [0, 0.1) is 0 Å². The SMILES string of the molecule is CCCCCCSc1ncc(C(=O)OCC)[nH]1. The molecule has 0 amide bonds. The summed E-state index contributed by atoms with van der Waals surface area (Å²) >= 11 is 1.65. The molecular formula is C12H20N2O2S. The number of nitrogens with one attached hydrogen (secondary N) is 1. The molecule has 5 heteroatoms. The highest BCUT2D eigenvalue weighted by Gasteiger charge is 2.10. The molecule has 1 N–H and O–H groups in total. The summed E-state index contributed by atoms with van der Waals surface area (Å²) in [5.41, 5.74) is 0.433. The topological polar surface area (TPSA) is 55.0 Å². The van der Waals surface area contributed by atoms with Gasteiger partial charge in [-0.3, -0.25) is 0 Å². The van der Waals surface area contributed by atoms with Gasteiger partial charge in [0, 0.05) is 5.75 Å². The van der Waals surface area contributed by atoms with Crippen LogP contribution in [0.1, 0.15) is 50.0 Å². The van der Waals surface area contributed by atoms with Crippen molar-refractivity contribution in [2.45, 2.75) is 44.7 Å². The fourth-order valence-electron chi connectivity index (χ4n) is 1.39. The highest BCUT2D eigenvalue weighted by atomic mass is 32.2. The van der Waals surface area contributed by atoms with Crippen molar-refractivity contribution in [2.75, 3.05) is 12.4 Å². The second-order valence-corrected chi connectivity index (χ2v) is 4.82. The fourth-order valence-corrected chi connectivity index (χ4v) is 2.24. The molecule has 0 aliphatic rings. The Morgan fingerprint density at radius 2 is 2.24 bits per heavy atom. The van der Waals surface area contributed by atoms with Crippen molar-refractivity contribution in [3.63, 3.8) is 0 Å². The average Bonchev–Trinajstić information content (AvgIpc) is 2.78. The van der Waals surface area contributed by atoms with Gasteiger partial charge in [0.05, 0.1) is 12.8 Å². The van der Waals surface area contributed by atoms with E-state index < -0.39 is 0 Å². The Bertz CT molecular complexity index is 339. The Morgan fingerprint density at radius 1 is 1.41 bits per heavy atom. The van der Waals surface area contributed by atoms with Gasteiger partial charge in [0.15, 0.2) is 5.16 Å². The maximum atomic E-state index is 11.4. The Labute approximate surface area is 107 Å². The number of rotatable bonds is 8. The quantitative estimate of drug-likeness (QED) is 0.440. The molecule has 1 rings (SSSR count). The molecule has 17 heavy (non-hydrogen) atoms. The monoisotopic (exact) mass is 256 g/mol. The van der Waals surface area contributed by atoms with E-state index >= 15 is 0 Å². The molecule has 1 aromatic rings. The summed E-state index contributed by atoms with van der Waals surface area (Å²) in [6.07, 6.45) is 6.51. The number of aromatic amines is 1. The summed E-state index contributed by atoms with van der Waals surface area (Å²) in [5.74, 6) is 0.702. The standard InChI is InChI=1S/C12H20N2O2S/c1-3-5-6-7-8-17-12-13-9-10(14-12)11(15)16-4-2/h9H,3-8H2,1-2H3,(H,13,14). The lowest BCUT2D eigenvalue weighted by Crippen LogP contribution is -2.04. The lowest BCUT2D eigenvalue weighted by atomic mass is 10.2. The van der Waals surface area contributed by atoms with Gasteiger partial charge < -0.3 is 9.72 Å². The third-order valence-electron chi connectivity index (χ3n) is 2.28. The summed E-state index contributed by atoms with van der Waals surface area (Å²) in [6.45, 7) is 4.38. The molecule has 0 saturated heterocycles. The zero-order valence-corrected chi connectivity index (χ0v) is 11.3. The molecule has 0 aromatic carbocycles. The van der Waals surface area contributed by atoms with E-state index in [9.17, 15) is 4.79 Å². The largest absolute Gasteiger partial charge is 0.461 e. The highest BCUT2D eigenvalue weighted by Crippen LogP contribution is 2.16. The van der Waals surface area contributed by atoms with Gasteiger partial charge >= 0.3 is 5.97 Å². The molecule has 0 radical (unpaired) electrons. The first-order valence-electron chi connectivity index (χ1n) is 6.12. The van der Waals surface area contributed by atoms with Crippen molar-refractivity contribution in [1.29, 1.82) is 0 Å². The van der Waals surface area contributed by atoms with Crippen LogP contribution in [0.5, 0.6) is 0 Å². The summed E-state index contributed by atoms with van der Waals surface area (Å²) in [7, 11) is 0. The zero-order valence-electron chi connectivity index (χ0n) is 10.5. The van der Waals surface area contributed by atoms with Gasteiger partial charge in [-0.2, -0.15) is 0 Å². The van der Waals surface area contributed by atoms with Gasteiger partial charge in [-0.1, -0.05) is 37.9 Å². The van der Waals surface area contributed by atoms with Crippen LogP contribution in [0.4, 0.5) is 0 Å². The zero-order chi connectivity index (χ0) is 12.5. The minimum absolute atomic E-state index is 0.335. The van der Waals surface area contributed by atoms with E-state index in [1.807, 2.05) is 0 Å². The number of nitrogens with zero attached hydrogens (tertiary/aromatic N) is 1. The molecule has 1 aromatic heterocycles. The number of esters is 1. The van der Waals surface area contributed by atoms with Crippen LogP contribution >= 0.6 is 11.8 Å². The number of thioether (sulfide) groups is 1. The Morgan fingerprint density at radius 3 is 2.94 bits per heavy atom. The van der Waals surface area contributed by atoms with Gasteiger partial charge in [-0.15, -0.1) is 0 Å². The number of carbonyl (C=O) groups excluding carboxylic acids is 1. The maximum absolute atomic E-state index is 11.4. The molecule has 1 heterocycles. The van der Waals surface area contributed by atoms with Crippen molar-refractivity contribution in [2.24, 2.45) is 0 Å². The summed E-state index contributed by atoms with van der Waals surface area (Å²) in [5, 5.41) is 0.796. The van der Waals surface area contributed by atoms with Gasteiger partial charge in [0.2, 0.25) is 0 Å². The molecule has 0 bridgehead atoms. The maximum Gasteiger partial charge on any atom is 0.356 e. The predicted molar refractivity (Wildman–Crippen MR) is 69.4 cm³/mol. The van der Waals surface area contributed by atoms with Crippen LogP contribution < -0.4 is 0 Å². The van der Waals surface area contributed by atoms with Crippen molar-refractivity contribution < 1.29 is 9.53 Å². The number of hydrogen-bond acceptors (Lipinski definition) is 4. The van der Waals surface area contributed by atoms with E-state index in [0.717, 1.165) is 10.9 Å². The Hall–Kier alpha value is -0.970. The van der Waals surface area contributed by atoms with Gasteiger partial charge in [0.1, 0.15) is 5.69 Å². The van der Waals surface area contributed by atoms with Crippen molar-refractivity contribution in [3.05, 3.63) is 11.9 Å². The van der Waals surface area contributed by atoms with Crippen molar-refractivity contribution >= 4 is 17.7 Å². The van der Waals surface area contributed by atoms with Gasteiger partial charge in [-0.25, -0.2) is 9.78 Å². The molecule has 0 aliphatic carbocycles. The highest BCUT2D eigenvalue weighted by molar-refractivity contribution is 7.99. The molecule has 4 nitrogen and oxygen atoms in total. The molecule has 96 valence electrons. The van der Waals surface area contributed by atoms with Crippen LogP contribution in [0.15, 0.2) is 11.4 Å². The first-order chi connectivity index (χ1) is 8.27. The molecule has 0 unspecified atom stereocenters. The fraction of sp³-hybridized carbons (Fsp3) is 0.667. The van der Waals surface area contributed by atoms with Gasteiger partial charge in [-0.05, 0) is 13.3 Å². The minimum atomic E-state index is -0.335. The van der Waals surface area contributed by atoms with E-state index in [0.29, 0.717) is 12.3 Å². The number of carbonyl (C=O) groups is 1. The number of hydrogen-bond donors (Lipinski definition) is 1. The van der Waals surface area contributed by atoms with Crippen molar-refractivity contribution in [1.82, 2.24) is 9.97 Å². The predicted octanol–water partition coefficient (Wildman–Crippen LogP) is 3.26. The number of imidazole rings is 1. The average molecular weight is 256 g/mol. The Balaban J connectivity index is 2.28. The van der Waals surface area contributed by atoms with Gasteiger partial charge in [0.25, 0.3) is 0 Å². The summed E-state index contributed by atoms with van der Waals surface area (Å²) < 4.78 is 4.88. The van der Waals surface area contributed by atoms with E-state index in [1.54, 1.807) is 18.7 Å². The van der Waals surface area contributed by atoms with Crippen LogP contribution in [-0.2, 0) is 4.74 Å². The van der Waals surface area contributed by atoms with E-state index in [4.69, 9.17) is 4.74 Å². The molecule has 0 spiro atoms. The number of H-pyrrole nitrogens is 1. The first-order valence-corrected chi connectivity index (χ1v) is 7.11. The van der Waals surface area contributed by atoms with Crippen LogP contribution in [0.2, 0.25) is 0 Å². The summed E-state index contributed by atoms with van der Waals surface area (Å²) in [4.78, 5) is 18.5. The lowest BCUT2D eigenvalue weighted by molar-refractivity contribution is 0.0519. The second-order valence-electron chi connectivity index (χ2n) is 3.73. The third kappa shape index (κ3) is 5.26. The number of ether oxygens (including phenoxy) is 1. The normalized spacial score (nSPS) is 10.5. The number of aromatic nitrogens is 2. The van der Waals surface area contributed by atoms with Crippen LogP contribution in [0.3, 0.4) is 0 Å². The lowest BCUT2D eigenvalue weighted by Gasteiger charge is -1.98. The first kappa shape index (κ1) is 14.1.